The first-order valence-electron chi connectivity index (χ1n) is 12.3. The van der Waals surface area contributed by atoms with Gasteiger partial charge in [-0.1, -0.05) is 48.5 Å². The van der Waals surface area contributed by atoms with Crippen LogP contribution in [0.3, 0.4) is 0 Å². The lowest BCUT2D eigenvalue weighted by Gasteiger charge is -2.32. The van der Waals surface area contributed by atoms with Crippen LogP contribution in [0.25, 0.3) is 22.1 Å². The lowest BCUT2D eigenvalue weighted by Crippen LogP contribution is -2.48. The van der Waals surface area contributed by atoms with E-state index in [2.05, 4.69) is 25.1 Å². The van der Waals surface area contributed by atoms with E-state index >= 15 is 0 Å². The van der Waals surface area contributed by atoms with Crippen molar-refractivity contribution in [1.82, 2.24) is 4.90 Å². The smallest absolute Gasteiger partial charge is 0.349 e. The average molecular weight is 498 g/mol. The van der Waals surface area contributed by atoms with Crippen molar-refractivity contribution in [1.29, 1.82) is 0 Å². The molecule has 0 bridgehead atoms. The maximum Gasteiger partial charge on any atom is 0.349 e. The standard InChI is InChI=1S/C30H27NO6/c1-19-21(10-7-11-24(19)20-8-3-2-4-9-20)18-36-23-13-14-27-22(16-23)17-25(30(35)37-27)28(32)31-15-6-5-12-26(31)29(33)34/h2-4,7-11,13-14,16-17,26H,5-6,12,15,18H2,1H3,(H,33,34)/t26-/m0/s1. The van der Waals surface area contributed by atoms with Gasteiger partial charge in [0.2, 0.25) is 0 Å². The molecule has 5 rings (SSSR count). The molecule has 0 spiro atoms. The van der Waals surface area contributed by atoms with Crippen molar-refractivity contribution in [3.63, 3.8) is 0 Å². The highest BCUT2D eigenvalue weighted by Crippen LogP contribution is 2.28. The number of benzene rings is 3. The summed E-state index contributed by atoms with van der Waals surface area (Å²) in [6, 6.07) is 21.9. The molecule has 0 saturated carbocycles. The normalized spacial score (nSPS) is 15.5. The monoisotopic (exact) mass is 497 g/mol. The predicted octanol–water partition coefficient (Wildman–Crippen LogP) is 5.43. The van der Waals surface area contributed by atoms with Crippen LogP contribution in [0.15, 0.2) is 82.0 Å². The Balaban J connectivity index is 1.39. The van der Waals surface area contributed by atoms with Crippen LogP contribution in [0.4, 0.5) is 0 Å². The number of likely N-dealkylation sites (tertiary alicyclic amines) is 1. The van der Waals surface area contributed by atoms with Gasteiger partial charge < -0.3 is 19.2 Å². The molecule has 37 heavy (non-hydrogen) atoms. The molecule has 1 fully saturated rings. The third-order valence-electron chi connectivity index (χ3n) is 6.91. The summed E-state index contributed by atoms with van der Waals surface area (Å²) in [5.74, 6) is -1.13. The Kier molecular flexibility index (Phi) is 6.77. The molecule has 1 saturated heterocycles. The van der Waals surface area contributed by atoms with E-state index in [4.69, 9.17) is 9.15 Å². The number of ether oxygens (including phenoxy) is 1. The van der Waals surface area contributed by atoms with Crippen LogP contribution in [-0.4, -0.2) is 34.5 Å². The Hall–Kier alpha value is -4.39. The Morgan fingerprint density at radius 1 is 1.03 bits per heavy atom. The van der Waals surface area contributed by atoms with Crippen molar-refractivity contribution in [2.75, 3.05) is 6.54 Å². The molecule has 188 valence electrons. The molecule has 1 N–H and O–H groups in total. The number of nitrogens with zero attached hydrogens (tertiary/aromatic N) is 1. The number of hydrogen-bond acceptors (Lipinski definition) is 5. The van der Waals surface area contributed by atoms with Crippen molar-refractivity contribution >= 4 is 22.8 Å². The molecule has 0 radical (unpaired) electrons. The number of amides is 1. The third-order valence-corrected chi connectivity index (χ3v) is 6.91. The Labute approximate surface area is 213 Å². The van der Waals surface area contributed by atoms with Crippen molar-refractivity contribution in [3.05, 3.63) is 99.9 Å². The highest BCUT2D eigenvalue weighted by molar-refractivity contribution is 5.98. The zero-order valence-electron chi connectivity index (χ0n) is 20.5. The Bertz CT molecular complexity index is 1520. The largest absolute Gasteiger partial charge is 0.489 e. The van der Waals surface area contributed by atoms with E-state index in [9.17, 15) is 19.5 Å². The number of carboxylic acid groups (broad SMARTS) is 1. The van der Waals surface area contributed by atoms with E-state index in [0.29, 0.717) is 36.2 Å². The Morgan fingerprint density at radius 3 is 2.62 bits per heavy atom. The minimum absolute atomic E-state index is 0.177. The maximum atomic E-state index is 13.1. The fourth-order valence-electron chi connectivity index (χ4n) is 4.86. The van der Waals surface area contributed by atoms with Gasteiger partial charge in [-0.25, -0.2) is 9.59 Å². The lowest BCUT2D eigenvalue weighted by atomic mass is 9.97. The Morgan fingerprint density at radius 2 is 1.84 bits per heavy atom. The molecule has 0 aliphatic carbocycles. The minimum atomic E-state index is -1.07. The van der Waals surface area contributed by atoms with Gasteiger partial charge in [-0.2, -0.15) is 0 Å². The molecule has 2 heterocycles. The number of aliphatic carboxylic acids is 1. The van der Waals surface area contributed by atoms with Crippen LogP contribution < -0.4 is 10.4 Å². The summed E-state index contributed by atoms with van der Waals surface area (Å²) < 4.78 is 11.5. The summed E-state index contributed by atoms with van der Waals surface area (Å²) in [4.78, 5) is 38.6. The number of hydrogen-bond donors (Lipinski definition) is 1. The summed E-state index contributed by atoms with van der Waals surface area (Å²) in [6.45, 7) is 2.70. The molecule has 1 aliphatic rings. The lowest BCUT2D eigenvalue weighted by molar-refractivity contribution is -0.143. The molecule has 4 aromatic rings. The van der Waals surface area contributed by atoms with Gasteiger partial charge in [0.05, 0.1) is 0 Å². The van der Waals surface area contributed by atoms with E-state index in [1.54, 1.807) is 18.2 Å². The number of piperidine rings is 1. The van der Waals surface area contributed by atoms with Gasteiger partial charge in [0.1, 0.15) is 29.5 Å². The summed E-state index contributed by atoms with van der Waals surface area (Å²) >= 11 is 0. The average Bonchev–Trinajstić information content (AvgIpc) is 2.92. The molecule has 1 amide bonds. The van der Waals surface area contributed by atoms with Crippen LogP contribution in [0.2, 0.25) is 0 Å². The van der Waals surface area contributed by atoms with E-state index < -0.39 is 23.5 Å². The quantitative estimate of drug-likeness (QED) is 0.357. The molecule has 1 aromatic heterocycles. The van der Waals surface area contributed by atoms with E-state index in [1.165, 1.54) is 11.0 Å². The van der Waals surface area contributed by atoms with Crippen molar-refractivity contribution < 1.29 is 23.8 Å². The first-order chi connectivity index (χ1) is 17.9. The van der Waals surface area contributed by atoms with Crippen LogP contribution in [0.1, 0.15) is 40.7 Å². The van der Waals surface area contributed by atoms with Crippen LogP contribution in [-0.2, 0) is 11.4 Å². The van der Waals surface area contributed by atoms with E-state index in [0.717, 1.165) is 28.7 Å². The van der Waals surface area contributed by atoms with Gasteiger partial charge in [-0.05, 0) is 72.7 Å². The topological polar surface area (TPSA) is 97.0 Å². The van der Waals surface area contributed by atoms with Crippen LogP contribution in [0, 0.1) is 6.92 Å². The van der Waals surface area contributed by atoms with Crippen LogP contribution >= 0.6 is 0 Å². The molecule has 1 aliphatic heterocycles. The molecular weight excluding hydrogens is 470 g/mol. The van der Waals surface area contributed by atoms with E-state index in [1.807, 2.05) is 30.3 Å². The first kappa shape index (κ1) is 24.3. The number of rotatable bonds is 6. The predicted molar refractivity (Wildman–Crippen MR) is 140 cm³/mol. The molecule has 7 heteroatoms. The second kappa shape index (κ2) is 10.3. The second-order valence-electron chi connectivity index (χ2n) is 9.24. The summed E-state index contributed by atoms with van der Waals surface area (Å²) in [7, 11) is 0. The van der Waals surface area contributed by atoms with E-state index in [-0.39, 0.29) is 12.1 Å². The summed E-state index contributed by atoms with van der Waals surface area (Å²) in [6.07, 6.45) is 1.78. The number of carbonyl (C=O) groups excluding carboxylic acids is 1. The fraction of sp³-hybridized carbons (Fsp3) is 0.233. The zero-order chi connectivity index (χ0) is 25.9. The number of carbonyl (C=O) groups is 2. The van der Waals surface area contributed by atoms with Gasteiger partial charge in [0.25, 0.3) is 5.91 Å². The van der Waals surface area contributed by atoms with Gasteiger partial charge in [-0.15, -0.1) is 0 Å². The first-order valence-corrected chi connectivity index (χ1v) is 12.3. The number of carboxylic acids is 1. The van der Waals surface area contributed by atoms with Gasteiger partial charge >= 0.3 is 11.6 Å². The third kappa shape index (κ3) is 4.98. The SMILES string of the molecule is Cc1c(COc2ccc3oc(=O)c(C(=O)N4CCCC[C@H]4C(=O)O)cc3c2)cccc1-c1ccccc1. The van der Waals surface area contributed by atoms with Crippen LogP contribution in [0.5, 0.6) is 5.75 Å². The maximum absolute atomic E-state index is 13.1. The second-order valence-corrected chi connectivity index (χ2v) is 9.24. The van der Waals surface area contributed by atoms with Gasteiger partial charge in [-0.3, -0.25) is 4.79 Å². The highest BCUT2D eigenvalue weighted by Gasteiger charge is 2.33. The van der Waals surface area contributed by atoms with Crippen molar-refractivity contribution in [2.45, 2.75) is 38.8 Å². The molecule has 3 aromatic carbocycles. The highest BCUT2D eigenvalue weighted by atomic mass is 16.5. The molecule has 0 unspecified atom stereocenters. The molecule has 1 atom stereocenters. The zero-order valence-corrected chi connectivity index (χ0v) is 20.5. The van der Waals surface area contributed by atoms with Gasteiger partial charge in [0, 0.05) is 11.9 Å². The number of fused-ring (bicyclic) bond motifs is 1. The fourth-order valence-corrected chi connectivity index (χ4v) is 4.86. The van der Waals surface area contributed by atoms with Gasteiger partial charge in [0.15, 0.2) is 0 Å². The minimum Gasteiger partial charge on any atom is -0.489 e. The summed E-state index contributed by atoms with van der Waals surface area (Å²) in [5.41, 5.74) is 3.81. The van der Waals surface area contributed by atoms with Crippen molar-refractivity contribution in [3.8, 4) is 16.9 Å². The molecule has 7 nitrogen and oxygen atoms in total. The molecular formula is C30H27NO6. The van der Waals surface area contributed by atoms with Crippen molar-refractivity contribution in [2.24, 2.45) is 0 Å². The summed E-state index contributed by atoms with van der Waals surface area (Å²) in [5, 5.41) is 10.1.